The van der Waals surface area contributed by atoms with Crippen LogP contribution in [0.1, 0.15) is 47.9 Å². The Hall–Kier alpha value is -3.73. The van der Waals surface area contributed by atoms with Gasteiger partial charge in [-0.1, -0.05) is 28.8 Å². The molecule has 0 spiro atoms. The van der Waals surface area contributed by atoms with Gasteiger partial charge in [0, 0.05) is 22.3 Å². The topological polar surface area (TPSA) is 81.7 Å². The van der Waals surface area contributed by atoms with Crippen LogP contribution in [0.3, 0.4) is 0 Å². The molecule has 0 saturated carbocycles. The van der Waals surface area contributed by atoms with Gasteiger partial charge in [-0.05, 0) is 121 Å². The average molecular weight is 676 g/mol. The van der Waals surface area contributed by atoms with Crippen molar-refractivity contribution in [3.8, 4) is 44.9 Å². The molecule has 0 amide bonds. The van der Waals surface area contributed by atoms with Gasteiger partial charge in [0.05, 0.1) is 0 Å². The van der Waals surface area contributed by atoms with Crippen LogP contribution in [0, 0.1) is 11.6 Å². The molecule has 0 radical (unpaired) electrons. The van der Waals surface area contributed by atoms with Crippen molar-refractivity contribution in [3.05, 3.63) is 94.6 Å². The van der Waals surface area contributed by atoms with Crippen molar-refractivity contribution >= 4 is 17.8 Å². The van der Waals surface area contributed by atoms with Gasteiger partial charge in [-0.15, -0.1) is 0 Å². The standard InChI is InChI=1S/C33H27F5NO5PS/c34-23-13-9-19(10-14-23)27-17-21-5-1-3-7-25(21)29-30-26-8-4-2-6-22(26)18-28(20-11-15-24(35)16-12-20)32(30)44-45(40,43-31(27)29)39-46(41,42)33(36,37)38/h9-18H,1-8H2,(H,39,40). The van der Waals surface area contributed by atoms with E-state index in [4.69, 9.17) is 9.05 Å². The van der Waals surface area contributed by atoms with Crippen LogP contribution in [0.2, 0.25) is 0 Å². The van der Waals surface area contributed by atoms with Crippen LogP contribution < -0.4 is 13.5 Å². The Balaban J connectivity index is 1.62. The fourth-order valence-electron chi connectivity index (χ4n) is 6.67. The van der Waals surface area contributed by atoms with Crippen LogP contribution in [-0.4, -0.2) is 13.9 Å². The first kappa shape index (κ1) is 30.9. The molecule has 4 aromatic carbocycles. The van der Waals surface area contributed by atoms with Gasteiger partial charge in [0.15, 0.2) is 0 Å². The van der Waals surface area contributed by atoms with Gasteiger partial charge >= 0.3 is 23.3 Å². The van der Waals surface area contributed by atoms with Crippen LogP contribution in [0.25, 0.3) is 33.4 Å². The molecule has 0 bridgehead atoms. The van der Waals surface area contributed by atoms with E-state index in [-0.39, 0.29) is 11.5 Å². The van der Waals surface area contributed by atoms with E-state index in [2.05, 4.69) is 0 Å². The third-order valence-corrected chi connectivity index (χ3v) is 12.0. The number of benzene rings is 4. The highest BCUT2D eigenvalue weighted by Crippen LogP contribution is 2.62. The fraction of sp³-hybridized carbons (Fsp3) is 0.273. The molecule has 1 N–H and O–H groups in total. The molecule has 0 aromatic heterocycles. The van der Waals surface area contributed by atoms with Crippen LogP contribution in [0.15, 0.2) is 60.7 Å². The molecule has 2 aliphatic carbocycles. The van der Waals surface area contributed by atoms with Gasteiger partial charge < -0.3 is 9.05 Å². The summed E-state index contributed by atoms with van der Waals surface area (Å²) >= 11 is 0. The van der Waals surface area contributed by atoms with Crippen molar-refractivity contribution in [2.75, 3.05) is 0 Å². The molecular weight excluding hydrogens is 648 g/mol. The summed E-state index contributed by atoms with van der Waals surface area (Å²) < 4.78 is 122. The molecule has 6 nitrogen and oxygen atoms in total. The Bertz CT molecular complexity index is 1910. The number of aryl methyl sites for hydroxylation is 2. The quantitative estimate of drug-likeness (QED) is 0.173. The summed E-state index contributed by atoms with van der Waals surface area (Å²) in [5, 5.41) is 0. The molecule has 7 rings (SSSR count). The number of nitrogens with one attached hydrogen (secondary N) is 1. The van der Waals surface area contributed by atoms with Gasteiger partial charge in [-0.25, -0.2) is 21.8 Å². The average Bonchev–Trinajstić information content (AvgIpc) is 3.14. The van der Waals surface area contributed by atoms with E-state index in [1.54, 1.807) is 12.1 Å². The van der Waals surface area contributed by atoms with Gasteiger partial charge in [0.1, 0.15) is 23.1 Å². The lowest BCUT2D eigenvalue weighted by atomic mass is 9.77. The summed E-state index contributed by atoms with van der Waals surface area (Å²) in [7, 11) is -11.7. The van der Waals surface area contributed by atoms with E-state index in [1.807, 2.05) is 0 Å². The maximum Gasteiger partial charge on any atom is 0.526 e. The second kappa shape index (κ2) is 11.2. The number of fused-ring (bicyclic) bond motifs is 7. The first-order valence-corrected chi connectivity index (χ1v) is 17.9. The molecule has 46 heavy (non-hydrogen) atoms. The molecular formula is C33H27F5NO5PS. The van der Waals surface area contributed by atoms with Crippen LogP contribution in [0.4, 0.5) is 22.0 Å². The fourth-order valence-corrected chi connectivity index (χ4v) is 9.46. The van der Waals surface area contributed by atoms with Crippen molar-refractivity contribution in [2.45, 2.75) is 56.9 Å². The summed E-state index contributed by atoms with van der Waals surface area (Å²) in [4.78, 5) is 0. The summed E-state index contributed by atoms with van der Waals surface area (Å²) in [6.07, 6.45) is 5.81. The highest BCUT2D eigenvalue weighted by molar-refractivity contribution is 7.95. The Labute approximate surface area is 262 Å². The smallest absolute Gasteiger partial charge is 0.403 e. The molecule has 4 aromatic rings. The summed E-state index contributed by atoms with van der Waals surface area (Å²) in [6.45, 7) is 0. The van der Waals surface area contributed by atoms with Gasteiger partial charge in [-0.3, -0.25) is 0 Å². The summed E-state index contributed by atoms with van der Waals surface area (Å²) in [6, 6.07) is 14.3. The SMILES string of the molecule is O=P1(NS(=O)(=O)C(F)(F)F)Oc2c(-c3ccc(F)cc3)cc3c(c2-c2c4c(cc(-c5ccc(F)cc5)c2O1)CCCC4)CCCC3. The van der Waals surface area contributed by atoms with E-state index in [9.17, 15) is 34.9 Å². The van der Waals surface area contributed by atoms with Crippen molar-refractivity contribution in [2.24, 2.45) is 0 Å². The lowest BCUT2D eigenvalue weighted by Crippen LogP contribution is -2.36. The number of rotatable bonds is 4. The van der Waals surface area contributed by atoms with Crippen molar-refractivity contribution in [1.82, 2.24) is 4.49 Å². The molecule has 240 valence electrons. The first-order chi connectivity index (χ1) is 21.8. The number of hydrogen-bond acceptors (Lipinski definition) is 5. The Kier molecular flexibility index (Phi) is 7.53. The van der Waals surface area contributed by atoms with E-state index in [1.165, 1.54) is 53.0 Å². The zero-order chi connectivity index (χ0) is 32.4. The van der Waals surface area contributed by atoms with Crippen molar-refractivity contribution < 1.29 is 44.0 Å². The predicted molar refractivity (Wildman–Crippen MR) is 163 cm³/mol. The lowest BCUT2D eigenvalue weighted by Gasteiger charge is -2.28. The monoisotopic (exact) mass is 675 g/mol. The molecule has 1 aliphatic heterocycles. The third kappa shape index (κ3) is 5.40. The second-order valence-electron chi connectivity index (χ2n) is 11.7. The number of hydrogen-bond donors (Lipinski definition) is 1. The maximum atomic E-state index is 14.5. The van der Waals surface area contributed by atoms with Crippen molar-refractivity contribution in [3.63, 3.8) is 0 Å². The Morgan fingerprint density at radius 1 is 0.652 bits per heavy atom. The van der Waals surface area contributed by atoms with E-state index in [0.29, 0.717) is 59.1 Å². The molecule has 13 heteroatoms. The normalized spacial score (nSPS) is 17.0. The summed E-state index contributed by atoms with van der Waals surface area (Å²) in [5.41, 5.74) is 0.0419. The molecule has 3 aliphatic rings. The highest BCUT2D eigenvalue weighted by atomic mass is 32.2. The minimum Gasteiger partial charge on any atom is -0.403 e. The Morgan fingerprint density at radius 2 is 1.04 bits per heavy atom. The maximum absolute atomic E-state index is 14.5. The molecule has 1 heterocycles. The van der Waals surface area contributed by atoms with Crippen LogP contribution in [-0.2, 0) is 40.3 Å². The van der Waals surface area contributed by atoms with Gasteiger partial charge in [-0.2, -0.15) is 13.2 Å². The van der Waals surface area contributed by atoms with Crippen LogP contribution >= 0.6 is 7.75 Å². The van der Waals surface area contributed by atoms with Crippen LogP contribution in [0.5, 0.6) is 11.5 Å². The largest absolute Gasteiger partial charge is 0.526 e. The molecule has 0 fully saturated rings. The second-order valence-corrected chi connectivity index (χ2v) is 15.2. The highest BCUT2D eigenvalue weighted by Gasteiger charge is 2.53. The number of sulfonamides is 1. The minimum absolute atomic E-state index is 0.122. The lowest BCUT2D eigenvalue weighted by molar-refractivity contribution is -0.0443. The first-order valence-electron chi connectivity index (χ1n) is 14.8. The van der Waals surface area contributed by atoms with E-state index in [0.717, 1.165) is 47.9 Å². The molecule has 0 unspecified atom stereocenters. The third-order valence-electron chi connectivity index (χ3n) is 8.73. The van der Waals surface area contributed by atoms with Crippen molar-refractivity contribution in [1.29, 1.82) is 0 Å². The number of alkyl halides is 3. The van der Waals surface area contributed by atoms with Gasteiger partial charge in [0.2, 0.25) is 0 Å². The Morgan fingerprint density at radius 3 is 1.43 bits per heavy atom. The zero-order valence-corrected chi connectivity index (χ0v) is 25.9. The zero-order valence-electron chi connectivity index (χ0n) is 24.2. The predicted octanol–water partition coefficient (Wildman–Crippen LogP) is 9.04. The summed E-state index contributed by atoms with van der Waals surface area (Å²) in [5.74, 6) is -1.29. The molecule has 0 atom stereocenters. The molecule has 0 saturated heterocycles. The number of halogens is 5. The minimum atomic E-state index is -6.24. The van der Waals surface area contributed by atoms with E-state index >= 15 is 0 Å². The van der Waals surface area contributed by atoms with Gasteiger partial charge in [0.25, 0.3) is 0 Å². The van der Waals surface area contributed by atoms with E-state index < -0.39 is 34.9 Å².